The highest BCUT2D eigenvalue weighted by molar-refractivity contribution is 6.03. The van der Waals surface area contributed by atoms with Crippen LogP contribution in [0.15, 0.2) is 72.8 Å². The molecular formula is C52H62N12O21. The highest BCUT2D eigenvalue weighted by atomic mass is 16.6. The Hall–Kier alpha value is -10.8. The van der Waals surface area contributed by atoms with Gasteiger partial charge in [0.05, 0.1) is 29.7 Å². The van der Waals surface area contributed by atoms with Crippen molar-refractivity contribution in [3.63, 3.8) is 0 Å². The molecule has 10 amide bonds. The average molecular weight is 1190 g/mol. The number of anilines is 1. The molecule has 456 valence electrons. The number of hydrogen-bond donors (Lipinski definition) is 15. The smallest absolute Gasteiger partial charge is 0.326 e. The van der Waals surface area contributed by atoms with E-state index in [1.54, 1.807) is 42.5 Å². The molecule has 0 bridgehead atoms. The summed E-state index contributed by atoms with van der Waals surface area (Å²) in [5.74, 6) is -19.5. The van der Waals surface area contributed by atoms with Crippen molar-refractivity contribution >= 4 is 94.3 Å². The SMILES string of the molecule is NC(=O)CC[C@H](NC(=O)[C@H](Cc1ccccc1)NC(=O)c1ccccc1N)C(=O)N1CCC[C@H]1C(=O)N[C@@H](CC(N)=O)C(=O)N[C@@H](CC(=O)O)C(=O)N[C@@H](CCC(=O)O)C(=O)N[C@@H](Cc1ccc(O)c([N+](=O)[O-])c1)C(=O)N[C@@H](CC(=O)O)C(=O)O. The maximum absolute atomic E-state index is 14.4. The molecule has 85 heavy (non-hydrogen) atoms. The second kappa shape index (κ2) is 31.5. The molecule has 3 aromatic rings. The van der Waals surface area contributed by atoms with E-state index in [0.717, 1.165) is 23.1 Å². The van der Waals surface area contributed by atoms with Gasteiger partial charge < -0.3 is 84.9 Å². The van der Waals surface area contributed by atoms with Crippen molar-refractivity contribution in [2.45, 2.75) is 119 Å². The Bertz CT molecular complexity index is 3070. The number of nitro groups is 1. The summed E-state index contributed by atoms with van der Waals surface area (Å²) in [6, 6.07) is 2.12. The number of hydrogen-bond acceptors (Lipinski definition) is 18. The number of carbonyl (C=O) groups is 14. The van der Waals surface area contributed by atoms with E-state index in [-0.39, 0.29) is 42.6 Å². The quantitative estimate of drug-likeness (QED) is 0.0159. The third kappa shape index (κ3) is 20.9. The zero-order valence-electron chi connectivity index (χ0n) is 44.9. The first-order valence-electron chi connectivity index (χ1n) is 25.8. The average Bonchev–Trinajstić information content (AvgIpc) is 4.20. The standard InChI is InChI=1S/C52H62N12O21/c53-28-10-5-4-9-27(28)44(74)58-31(19-25-7-2-1-3-8-25)46(76)57-30(13-16-39(54)66)51(81)63-18-6-11-36(63)50(80)61-33(22-40(55)67)48(78)60-34(23-42(70)71)49(79)56-29(14-17-41(68)69)45(75)59-32(47(77)62-35(52(82)83)24-43(72)73)20-26-12-15-38(65)37(21-26)64(84)85/h1-5,7-10,12,15,21,29-36,65H,6,11,13-14,16-20,22-24,53H2,(H2,54,66)(H2,55,67)(H,56,79)(H,57,76)(H,58,74)(H,59,75)(H,60,78)(H,61,80)(H,62,77)(H,68,69)(H,70,71)(H,72,73)(H,82,83)/t29-,30-,31-,32-,33-,34-,35-,36-/m0/s1. The van der Waals surface area contributed by atoms with Gasteiger partial charge in [0.25, 0.3) is 5.91 Å². The van der Waals surface area contributed by atoms with Crippen LogP contribution in [0.3, 0.4) is 0 Å². The number of aliphatic carboxylic acids is 4. The van der Waals surface area contributed by atoms with E-state index in [9.17, 15) is 103 Å². The van der Waals surface area contributed by atoms with E-state index in [1.165, 1.54) is 12.1 Å². The van der Waals surface area contributed by atoms with Gasteiger partial charge in [0.15, 0.2) is 5.75 Å². The Morgan fingerprint density at radius 3 is 1.65 bits per heavy atom. The van der Waals surface area contributed by atoms with Gasteiger partial charge in [-0.15, -0.1) is 0 Å². The van der Waals surface area contributed by atoms with Crippen LogP contribution < -0.4 is 54.4 Å². The van der Waals surface area contributed by atoms with Crippen LogP contribution in [0.2, 0.25) is 0 Å². The molecule has 33 heteroatoms. The molecule has 0 radical (unpaired) electrons. The van der Waals surface area contributed by atoms with Crippen LogP contribution in [0.4, 0.5) is 11.4 Å². The molecular weight excluding hydrogens is 1130 g/mol. The van der Waals surface area contributed by atoms with Gasteiger partial charge in [0.2, 0.25) is 53.2 Å². The van der Waals surface area contributed by atoms with Crippen LogP contribution in [0.1, 0.15) is 79.3 Å². The largest absolute Gasteiger partial charge is 0.502 e. The summed E-state index contributed by atoms with van der Waals surface area (Å²) in [6.45, 7) is -0.153. The van der Waals surface area contributed by atoms with Crippen molar-refractivity contribution < 1.29 is 97.6 Å². The molecule has 0 aromatic heterocycles. The van der Waals surface area contributed by atoms with Gasteiger partial charge in [-0.25, -0.2) is 4.79 Å². The maximum Gasteiger partial charge on any atom is 0.326 e. The zero-order valence-corrected chi connectivity index (χ0v) is 44.9. The fraction of sp³-hybridized carbons (Fsp3) is 0.385. The number of carboxylic acids is 4. The number of para-hydroxylation sites is 1. The summed E-state index contributed by atoms with van der Waals surface area (Å²) in [6.07, 6.45) is -7.05. The minimum Gasteiger partial charge on any atom is -0.502 e. The van der Waals surface area contributed by atoms with E-state index in [2.05, 4.69) is 21.3 Å². The number of nitrogens with zero attached hydrogens (tertiary/aromatic N) is 2. The van der Waals surface area contributed by atoms with Crippen molar-refractivity contribution in [1.82, 2.24) is 42.1 Å². The number of phenolic OH excluding ortho intramolecular Hbond substituents is 1. The number of nitrogen functional groups attached to an aromatic ring is 1. The fourth-order valence-electron chi connectivity index (χ4n) is 8.67. The number of amides is 10. The molecule has 4 rings (SSSR count). The molecule has 1 fully saturated rings. The number of benzene rings is 3. The molecule has 1 heterocycles. The van der Waals surface area contributed by atoms with E-state index >= 15 is 0 Å². The van der Waals surface area contributed by atoms with Gasteiger partial charge in [0.1, 0.15) is 48.3 Å². The second-order valence-corrected chi connectivity index (χ2v) is 19.3. The number of nitrogens with two attached hydrogens (primary N) is 3. The number of primary amides is 2. The second-order valence-electron chi connectivity index (χ2n) is 19.3. The summed E-state index contributed by atoms with van der Waals surface area (Å²) in [4.78, 5) is 194. The number of aromatic hydroxyl groups is 1. The van der Waals surface area contributed by atoms with Crippen LogP contribution in [0.5, 0.6) is 5.75 Å². The number of phenols is 1. The molecule has 18 N–H and O–H groups in total. The summed E-state index contributed by atoms with van der Waals surface area (Å²) in [5, 5.41) is 75.1. The molecule has 1 aliphatic heterocycles. The zero-order chi connectivity index (χ0) is 63.2. The predicted molar refractivity (Wildman–Crippen MR) is 288 cm³/mol. The van der Waals surface area contributed by atoms with E-state index < -0.39 is 199 Å². The van der Waals surface area contributed by atoms with Crippen molar-refractivity contribution in [3.05, 3.63) is 99.6 Å². The fourth-order valence-corrected chi connectivity index (χ4v) is 8.67. The van der Waals surface area contributed by atoms with Crippen LogP contribution in [-0.2, 0) is 75.2 Å². The topological polar surface area (TPSA) is 549 Å². The third-order valence-corrected chi connectivity index (χ3v) is 12.9. The molecule has 1 saturated heterocycles. The molecule has 3 aromatic carbocycles. The van der Waals surface area contributed by atoms with E-state index in [4.69, 9.17) is 17.2 Å². The number of likely N-dealkylation sites (tertiary alicyclic amines) is 1. The van der Waals surface area contributed by atoms with Crippen molar-refractivity contribution in [2.75, 3.05) is 12.3 Å². The first-order valence-corrected chi connectivity index (χ1v) is 25.8. The summed E-state index contributed by atoms with van der Waals surface area (Å²) >= 11 is 0. The van der Waals surface area contributed by atoms with E-state index in [0.29, 0.717) is 5.56 Å². The molecule has 1 aliphatic rings. The summed E-state index contributed by atoms with van der Waals surface area (Å²) in [7, 11) is 0. The number of nitro benzene ring substituents is 1. The lowest BCUT2D eigenvalue weighted by molar-refractivity contribution is -0.385. The predicted octanol–water partition coefficient (Wildman–Crippen LogP) is -3.59. The molecule has 33 nitrogen and oxygen atoms in total. The Kier molecular flexibility index (Phi) is 24.7. The first kappa shape index (κ1) is 66.7. The van der Waals surface area contributed by atoms with Gasteiger partial charge in [0, 0.05) is 44.0 Å². The lowest BCUT2D eigenvalue weighted by Gasteiger charge is -2.31. The Morgan fingerprint density at radius 2 is 1.07 bits per heavy atom. The van der Waals surface area contributed by atoms with Crippen LogP contribution >= 0.6 is 0 Å². The van der Waals surface area contributed by atoms with Gasteiger partial charge in [-0.3, -0.25) is 72.4 Å². The first-order chi connectivity index (χ1) is 40.0. The molecule has 0 spiro atoms. The van der Waals surface area contributed by atoms with Crippen molar-refractivity contribution in [1.29, 1.82) is 0 Å². The highest BCUT2D eigenvalue weighted by Gasteiger charge is 2.41. The molecule has 8 atom stereocenters. The summed E-state index contributed by atoms with van der Waals surface area (Å²) < 4.78 is 0. The number of nitrogens with one attached hydrogen (secondary N) is 7. The van der Waals surface area contributed by atoms with Gasteiger partial charge in [-0.2, -0.15) is 0 Å². The van der Waals surface area contributed by atoms with Gasteiger partial charge in [-0.1, -0.05) is 48.5 Å². The Morgan fingerprint density at radius 1 is 0.565 bits per heavy atom. The minimum absolute atomic E-state index is 0.0305. The maximum atomic E-state index is 14.4. The number of rotatable bonds is 33. The van der Waals surface area contributed by atoms with Gasteiger partial charge >= 0.3 is 29.6 Å². The normalized spacial score (nSPS) is 15.1. The molecule has 0 saturated carbocycles. The molecule has 0 aliphatic carbocycles. The Balaban J connectivity index is 1.59. The van der Waals surface area contributed by atoms with E-state index in [1.807, 2.05) is 16.0 Å². The lowest BCUT2D eigenvalue weighted by atomic mass is 10.0. The number of carboxylic acid groups (broad SMARTS) is 4. The monoisotopic (exact) mass is 1190 g/mol. The third-order valence-electron chi connectivity index (χ3n) is 12.9. The highest BCUT2D eigenvalue weighted by Crippen LogP contribution is 2.27. The van der Waals surface area contributed by atoms with Crippen molar-refractivity contribution in [3.8, 4) is 5.75 Å². The molecule has 0 unspecified atom stereocenters. The number of carbonyl (C=O) groups excluding carboxylic acids is 10. The van der Waals surface area contributed by atoms with Gasteiger partial charge in [-0.05, 0) is 55.0 Å². The van der Waals surface area contributed by atoms with Crippen LogP contribution in [0, 0.1) is 10.1 Å². The minimum atomic E-state index is -2.25. The summed E-state index contributed by atoms with van der Waals surface area (Å²) in [5.41, 5.74) is 16.5. The lowest BCUT2D eigenvalue weighted by Crippen LogP contribution is -2.60. The van der Waals surface area contributed by atoms with Crippen LogP contribution in [-0.4, -0.2) is 173 Å². The Labute approximate surface area is 480 Å². The van der Waals surface area contributed by atoms with Crippen molar-refractivity contribution in [2.24, 2.45) is 11.5 Å². The van der Waals surface area contributed by atoms with Crippen LogP contribution in [0.25, 0.3) is 0 Å².